The van der Waals surface area contributed by atoms with Gasteiger partial charge in [-0.2, -0.15) is 0 Å². The maximum Gasteiger partial charge on any atom is 0.285 e. The molecule has 1 fully saturated rings. The van der Waals surface area contributed by atoms with Crippen molar-refractivity contribution >= 4 is 17.3 Å². The summed E-state index contributed by atoms with van der Waals surface area (Å²) in [5, 5.41) is 11.4. The molecule has 3 rings (SSSR count). The lowest BCUT2D eigenvalue weighted by Crippen LogP contribution is -2.49. The monoisotopic (exact) mass is 353 g/mol. The van der Waals surface area contributed by atoms with Crippen LogP contribution in [0.3, 0.4) is 0 Å². The first-order chi connectivity index (χ1) is 12.4. The Labute approximate surface area is 153 Å². The van der Waals surface area contributed by atoms with Crippen molar-refractivity contribution in [2.75, 3.05) is 31.1 Å². The summed E-state index contributed by atoms with van der Waals surface area (Å²) in [5.74, 6) is -0.263. The zero-order valence-electron chi connectivity index (χ0n) is 15.4. The average molecular weight is 353 g/mol. The molecule has 1 heterocycles. The van der Waals surface area contributed by atoms with E-state index in [9.17, 15) is 14.9 Å². The van der Waals surface area contributed by atoms with Crippen LogP contribution in [0.25, 0.3) is 0 Å². The fraction of sp³-hybridized carbons (Fsp3) is 0.350. The predicted octanol–water partition coefficient (Wildman–Crippen LogP) is 3.48. The van der Waals surface area contributed by atoms with E-state index in [1.54, 1.807) is 30.0 Å². The molecular formula is C20H23N3O3. The molecule has 0 spiro atoms. The summed E-state index contributed by atoms with van der Waals surface area (Å²) >= 11 is 0. The summed E-state index contributed by atoms with van der Waals surface area (Å²) in [5.41, 5.74) is 4.29. The SMILES string of the molecule is Cc1cccc(N2CCN(C(=O)c3cccc(C)c3[N+](=O)[O-])CC2)c1C. The number of hydrogen-bond donors (Lipinski definition) is 0. The van der Waals surface area contributed by atoms with E-state index in [-0.39, 0.29) is 17.2 Å². The molecule has 1 aliphatic rings. The van der Waals surface area contributed by atoms with Crippen LogP contribution < -0.4 is 4.90 Å². The van der Waals surface area contributed by atoms with E-state index < -0.39 is 4.92 Å². The molecule has 0 bridgehead atoms. The van der Waals surface area contributed by atoms with Gasteiger partial charge >= 0.3 is 0 Å². The van der Waals surface area contributed by atoms with Gasteiger partial charge in [-0.25, -0.2) is 0 Å². The summed E-state index contributed by atoms with van der Waals surface area (Å²) in [6.45, 7) is 8.40. The molecule has 0 atom stereocenters. The van der Waals surface area contributed by atoms with Crippen LogP contribution in [-0.4, -0.2) is 41.9 Å². The first kappa shape index (κ1) is 17.9. The molecule has 0 N–H and O–H groups in total. The van der Waals surface area contributed by atoms with Gasteiger partial charge in [-0.1, -0.05) is 24.3 Å². The molecule has 1 aliphatic heterocycles. The van der Waals surface area contributed by atoms with Gasteiger partial charge in [0.15, 0.2) is 0 Å². The molecule has 6 nitrogen and oxygen atoms in total. The number of para-hydroxylation sites is 1. The lowest BCUT2D eigenvalue weighted by atomic mass is 10.1. The van der Waals surface area contributed by atoms with Gasteiger partial charge in [0, 0.05) is 37.4 Å². The number of carbonyl (C=O) groups is 1. The highest BCUT2D eigenvalue weighted by molar-refractivity contribution is 5.98. The lowest BCUT2D eigenvalue weighted by molar-refractivity contribution is -0.385. The van der Waals surface area contributed by atoms with E-state index in [1.165, 1.54) is 16.8 Å². The summed E-state index contributed by atoms with van der Waals surface area (Å²) < 4.78 is 0. The number of piperazine rings is 1. The van der Waals surface area contributed by atoms with Gasteiger partial charge in [0.1, 0.15) is 5.56 Å². The average Bonchev–Trinajstić information content (AvgIpc) is 2.63. The third-order valence-electron chi connectivity index (χ3n) is 5.13. The van der Waals surface area contributed by atoms with Crippen molar-refractivity contribution in [3.05, 3.63) is 68.8 Å². The molecule has 136 valence electrons. The van der Waals surface area contributed by atoms with E-state index in [0.717, 1.165) is 13.1 Å². The fourth-order valence-corrected chi connectivity index (χ4v) is 3.47. The molecule has 26 heavy (non-hydrogen) atoms. The number of nitro benzene ring substituents is 1. The van der Waals surface area contributed by atoms with Gasteiger partial charge in [0.25, 0.3) is 11.6 Å². The second-order valence-electron chi connectivity index (χ2n) is 6.73. The quantitative estimate of drug-likeness (QED) is 0.626. The predicted molar refractivity (Wildman–Crippen MR) is 102 cm³/mol. The van der Waals surface area contributed by atoms with Crippen LogP contribution in [0.5, 0.6) is 0 Å². The number of nitrogens with zero attached hydrogens (tertiary/aromatic N) is 3. The zero-order valence-corrected chi connectivity index (χ0v) is 15.4. The van der Waals surface area contributed by atoms with Crippen LogP contribution in [0.4, 0.5) is 11.4 Å². The van der Waals surface area contributed by atoms with Gasteiger partial charge in [-0.05, 0) is 44.0 Å². The maximum atomic E-state index is 12.8. The molecule has 1 amide bonds. The second-order valence-corrected chi connectivity index (χ2v) is 6.73. The third-order valence-corrected chi connectivity index (χ3v) is 5.13. The molecule has 2 aromatic carbocycles. The Bertz CT molecular complexity index is 855. The third kappa shape index (κ3) is 3.27. The zero-order chi connectivity index (χ0) is 18.8. The number of anilines is 1. The van der Waals surface area contributed by atoms with Crippen molar-refractivity contribution in [1.29, 1.82) is 0 Å². The molecule has 0 saturated carbocycles. The van der Waals surface area contributed by atoms with Crippen LogP contribution >= 0.6 is 0 Å². The smallest absolute Gasteiger partial charge is 0.285 e. The Hall–Kier alpha value is -2.89. The lowest BCUT2D eigenvalue weighted by Gasteiger charge is -2.37. The minimum Gasteiger partial charge on any atom is -0.368 e. The Morgan fingerprint density at radius 3 is 2.23 bits per heavy atom. The molecule has 0 aromatic heterocycles. The number of rotatable bonds is 3. The van der Waals surface area contributed by atoms with Crippen LogP contribution in [0.2, 0.25) is 0 Å². The van der Waals surface area contributed by atoms with Crippen LogP contribution in [-0.2, 0) is 0 Å². The Morgan fingerprint density at radius 1 is 0.962 bits per heavy atom. The van der Waals surface area contributed by atoms with Crippen LogP contribution in [0.15, 0.2) is 36.4 Å². The minimum atomic E-state index is -0.463. The first-order valence-corrected chi connectivity index (χ1v) is 8.74. The number of carbonyl (C=O) groups excluding carboxylic acids is 1. The fourth-order valence-electron chi connectivity index (χ4n) is 3.47. The highest BCUT2D eigenvalue weighted by Crippen LogP contribution is 2.27. The van der Waals surface area contributed by atoms with Gasteiger partial charge < -0.3 is 9.80 Å². The summed E-state index contributed by atoms with van der Waals surface area (Å²) in [4.78, 5) is 27.7. The van der Waals surface area contributed by atoms with E-state index in [2.05, 4.69) is 30.9 Å². The van der Waals surface area contributed by atoms with Crippen molar-refractivity contribution in [1.82, 2.24) is 4.90 Å². The summed E-state index contributed by atoms with van der Waals surface area (Å²) in [7, 11) is 0. The maximum absolute atomic E-state index is 12.8. The number of amides is 1. The Morgan fingerprint density at radius 2 is 1.58 bits per heavy atom. The van der Waals surface area contributed by atoms with Gasteiger partial charge in [0.2, 0.25) is 0 Å². The van der Waals surface area contributed by atoms with Gasteiger partial charge in [-0.3, -0.25) is 14.9 Å². The molecule has 6 heteroatoms. The number of benzene rings is 2. The van der Waals surface area contributed by atoms with E-state index in [1.807, 2.05) is 6.07 Å². The molecular weight excluding hydrogens is 330 g/mol. The van der Waals surface area contributed by atoms with E-state index in [4.69, 9.17) is 0 Å². The van der Waals surface area contributed by atoms with E-state index >= 15 is 0 Å². The molecule has 0 aliphatic carbocycles. The molecule has 0 radical (unpaired) electrons. The topological polar surface area (TPSA) is 66.7 Å². The van der Waals surface area contributed by atoms with Crippen LogP contribution in [0.1, 0.15) is 27.0 Å². The van der Waals surface area contributed by atoms with Crippen molar-refractivity contribution in [3.8, 4) is 0 Å². The van der Waals surface area contributed by atoms with Crippen LogP contribution in [0, 0.1) is 30.9 Å². The van der Waals surface area contributed by atoms with Crippen molar-refractivity contribution in [2.45, 2.75) is 20.8 Å². The van der Waals surface area contributed by atoms with Crippen molar-refractivity contribution in [2.24, 2.45) is 0 Å². The molecule has 1 saturated heterocycles. The standard InChI is InChI=1S/C20H23N3O3/c1-14-6-5-9-18(16(14)3)21-10-12-22(13-11-21)20(24)17-8-4-7-15(2)19(17)23(25)26/h4-9H,10-13H2,1-3H3. The summed E-state index contributed by atoms with van der Waals surface area (Å²) in [6.07, 6.45) is 0. The second kappa shape index (κ2) is 7.15. The number of aryl methyl sites for hydroxylation is 2. The number of hydrogen-bond acceptors (Lipinski definition) is 4. The van der Waals surface area contributed by atoms with Crippen molar-refractivity contribution < 1.29 is 9.72 Å². The normalized spacial score (nSPS) is 14.4. The first-order valence-electron chi connectivity index (χ1n) is 8.74. The number of nitro groups is 1. The Kier molecular flexibility index (Phi) is 4.93. The summed E-state index contributed by atoms with van der Waals surface area (Å²) in [6, 6.07) is 11.1. The highest BCUT2D eigenvalue weighted by Gasteiger charge is 2.29. The largest absolute Gasteiger partial charge is 0.368 e. The highest BCUT2D eigenvalue weighted by atomic mass is 16.6. The Balaban J connectivity index is 1.77. The van der Waals surface area contributed by atoms with Gasteiger partial charge in [0.05, 0.1) is 4.92 Å². The molecule has 0 unspecified atom stereocenters. The molecule has 2 aromatic rings. The van der Waals surface area contributed by atoms with E-state index in [0.29, 0.717) is 18.7 Å². The van der Waals surface area contributed by atoms with Crippen molar-refractivity contribution in [3.63, 3.8) is 0 Å². The minimum absolute atomic E-state index is 0.0885. The van der Waals surface area contributed by atoms with Gasteiger partial charge in [-0.15, -0.1) is 0 Å².